The van der Waals surface area contributed by atoms with Crippen LogP contribution >= 0.6 is 0 Å². The Morgan fingerprint density at radius 1 is 0.661 bits per heavy atom. The zero-order valence-electron chi connectivity index (χ0n) is 33.6. The molecule has 8 rings (SSSR count). The number of para-hydroxylation sites is 1. The molecule has 6 aromatic rings. The molecule has 12 nitrogen and oxygen atoms in total. The summed E-state index contributed by atoms with van der Waals surface area (Å²) in [6, 6.07) is 34.3. The van der Waals surface area contributed by atoms with Crippen LogP contribution in [0.2, 0.25) is 0 Å². The number of aromatic nitrogens is 4. The van der Waals surface area contributed by atoms with Gasteiger partial charge in [-0.3, -0.25) is 9.59 Å². The number of rotatable bonds is 12. The number of carbonyl (C=O) groups is 3. The van der Waals surface area contributed by atoms with E-state index in [4.69, 9.17) is 14.7 Å². The van der Waals surface area contributed by atoms with Crippen molar-refractivity contribution in [2.24, 2.45) is 5.92 Å². The summed E-state index contributed by atoms with van der Waals surface area (Å²) in [4.78, 5) is 60.3. The average molecular weight is 791 g/mol. The Labute approximate surface area is 344 Å². The summed E-state index contributed by atoms with van der Waals surface area (Å²) in [5.74, 6) is 1.54. The van der Waals surface area contributed by atoms with E-state index >= 15 is 0 Å². The molecule has 12 heteroatoms. The van der Waals surface area contributed by atoms with Gasteiger partial charge in [0.2, 0.25) is 5.91 Å². The quantitative estimate of drug-likeness (QED) is 0.0970. The number of anilines is 1. The summed E-state index contributed by atoms with van der Waals surface area (Å²) < 4.78 is 4.83. The first-order chi connectivity index (χ1) is 28.8. The highest BCUT2D eigenvalue weighted by Crippen LogP contribution is 2.36. The average Bonchev–Trinajstić information content (AvgIpc) is 4.12. The molecule has 4 heterocycles. The zero-order chi connectivity index (χ0) is 40.9. The van der Waals surface area contributed by atoms with E-state index in [1.165, 1.54) is 7.11 Å². The minimum Gasteiger partial charge on any atom is -0.453 e. The fraction of sp³-hybridized carbons (Fsp3) is 0.298. The second kappa shape index (κ2) is 17.4. The van der Waals surface area contributed by atoms with Gasteiger partial charge in [-0.2, -0.15) is 0 Å². The maximum atomic E-state index is 13.9. The summed E-state index contributed by atoms with van der Waals surface area (Å²) in [5, 5.41) is 6.19. The van der Waals surface area contributed by atoms with Crippen LogP contribution in [0.3, 0.4) is 0 Å². The van der Waals surface area contributed by atoms with Crippen LogP contribution in [0.5, 0.6) is 0 Å². The lowest BCUT2D eigenvalue weighted by Gasteiger charge is -2.31. The molecule has 0 radical (unpaired) electrons. The molecule has 0 saturated carbocycles. The van der Waals surface area contributed by atoms with Crippen molar-refractivity contribution >= 4 is 23.6 Å². The van der Waals surface area contributed by atoms with Gasteiger partial charge in [0.05, 0.1) is 43.0 Å². The number of aromatic amines is 2. The van der Waals surface area contributed by atoms with Crippen molar-refractivity contribution in [1.82, 2.24) is 35.1 Å². The Balaban J connectivity index is 0.920. The Hall–Kier alpha value is -6.69. The van der Waals surface area contributed by atoms with Gasteiger partial charge in [0, 0.05) is 18.8 Å². The first-order valence-electron chi connectivity index (χ1n) is 20.4. The first kappa shape index (κ1) is 39.2. The summed E-state index contributed by atoms with van der Waals surface area (Å²) in [5.41, 5.74) is 7.56. The molecule has 2 fully saturated rings. The second-order valence-corrected chi connectivity index (χ2v) is 15.6. The molecule has 59 heavy (non-hydrogen) atoms. The Kier molecular flexibility index (Phi) is 11.6. The minimum absolute atomic E-state index is 0.0965. The molecule has 0 spiro atoms. The van der Waals surface area contributed by atoms with Gasteiger partial charge in [-0.05, 0) is 71.6 Å². The van der Waals surface area contributed by atoms with Gasteiger partial charge in [-0.25, -0.2) is 14.8 Å². The fourth-order valence-corrected chi connectivity index (χ4v) is 8.30. The van der Waals surface area contributed by atoms with Crippen LogP contribution in [0.1, 0.15) is 74.9 Å². The Bertz CT molecular complexity index is 2360. The van der Waals surface area contributed by atoms with E-state index in [0.29, 0.717) is 24.5 Å². The van der Waals surface area contributed by atoms with Crippen molar-refractivity contribution in [1.29, 1.82) is 0 Å². The molecule has 2 aliphatic rings. The SMILES string of the molecule is COC(=O)N[C@@H](C(=O)N1CCC[C@H]1c1ncc(-c2ccc(-c3ccc(-c4cnc([C@@H]5CCCN5C(=O)[C@@H](Nc5ccccc5)C(C)C)[nH]4)cc3)cc2)[nH]1)c1ccccc1. The molecule has 4 N–H and O–H groups in total. The van der Waals surface area contributed by atoms with E-state index in [9.17, 15) is 14.4 Å². The largest absolute Gasteiger partial charge is 0.453 e. The van der Waals surface area contributed by atoms with Crippen molar-refractivity contribution in [3.63, 3.8) is 0 Å². The molecule has 4 aromatic carbocycles. The summed E-state index contributed by atoms with van der Waals surface area (Å²) in [6.07, 6.45) is 6.40. The number of ether oxygens (including phenoxy) is 1. The second-order valence-electron chi connectivity index (χ2n) is 15.6. The lowest BCUT2D eigenvalue weighted by molar-refractivity contribution is -0.135. The van der Waals surface area contributed by atoms with Gasteiger partial charge in [-0.1, -0.05) is 111 Å². The van der Waals surface area contributed by atoms with E-state index in [2.05, 4.69) is 83.0 Å². The van der Waals surface area contributed by atoms with Gasteiger partial charge >= 0.3 is 6.09 Å². The van der Waals surface area contributed by atoms with Crippen LogP contribution in [0, 0.1) is 5.92 Å². The number of hydrogen-bond acceptors (Lipinski definition) is 7. The number of alkyl carbamates (subject to hydrolysis) is 1. The highest BCUT2D eigenvalue weighted by Gasteiger charge is 2.38. The molecule has 3 amide bonds. The van der Waals surface area contributed by atoms with Gasteiger partial charge in [-0.15, -0.1) is 0 Å². The third-order valence-corrected chi connectivity index (χ3v) is 11.5. The Morgan fingerprint density at radius 2 is 1.14 bits per heavy atom. The first-order valence-corrected chi connectivity index (χ1v) is 20.4. The van der Waals surface area contributed by atoms with Crippen molar-refractivity contribution in [2.75, 3.05) is 25.5 Å². The van der Waals surface area contributed by atoms with Gasteiger partial charge in [0.15, 0.2) is 0 Å². The number of likely N-dealkylation sites (tertiary alicyclic amines) is 2. The molecule has 0 aliphatic carbocycles. The van der Waals surface area contributed by atoms with E-state index in [1.807, 2.05) is 78.0 Å². The normalized spacial score (nSPS) is 17.5. The van der Waals surface area contributed by atoms with Crippen LogP contribution < -0.4 is 10.6 Å². The molecular weight excluding hydrogens is 741 g/mol. The minimum atomic E-state index is -0.872. The van der Waals surface area contributed by atoms with Crippen LogP contribution in [0.4, 0.5) is 10.5 Å². The number of carbonyl (C=O) groups excluding carboxylic acids is 3. The smallest absolute Gasteiger partial charge is 0.407 e. The number of imidazole rings is 2. The number of amides is 3. The predicted molar refractivity (Wildman–Crippen MR) is 228 cm³/mol. The van der Waals surface area contributed by atoms with E-state index < -0.39 is 12.1 Å². The van der Waals surface area contributed by atoms with E-state index in [0.717, 1.165) is 70.8 Å². The van der Waals surface area contributed by atoms with Crippen molar-refractivity contribution in [3.05, 3.63) is 139 Å². The number of H-pyrrole nitrogens is 2. The maximum absolute atomic E-state index is 13.9. The standard InChI is InChI=1S/C47H50N8O4/c1-30(2)41(50-36-14-8-5-9-15-36)45(56)54-26-10-16-39(54)43-48-28-37(51-43)33-22-18-31(19-23-33)32-20-24-34(25-21-32)38-29-49-44(52-38)40-17-11-27-55(40)46(57)42(53-47(58)59-3)35-12-6-4-7-13-35/h4-9,12-15,18-25,28-30,39-42,50H,10-11,16-17,26-27H2,1-3H3,(H,48,51)(H,49,52)(H,53,58)/t39-,40-,41-,42+/m0/s1. The maximum Gasteiger partial charge on any atom is 0.407 e. The van der Waals surface area contributed by atoms with Crippen molar-refractivity contribution < 1.29 is 19.1 Å². The van der Waals surface area contributed by atoms with Crippen LogP contribution in [-0.2, 0) is 14.3 Å². The number of benzene rings is 4. The third kappa shape index (κ3) is 8.48. The number of methoxy groups -OCH3 is 1. The molecule has 0 bridgehead atoms. The molecule has 302 valence electrons. The topological polar surface area (TPSA) is 148 Å². The summed E-state index contributed by atoms with van der Waals surface area (Å²) in [7, 11) is 1.29. The monoisotopic (exact) mass is 790 g/mol. The molecule has 2 saturated heterocycles. The summed E-state index contributed by atoms with van der Waals surface area (Å²) in [6.45, 7) is 5.43. The molecule has 4 atom stereocenters. The molecule has 0 unspecified atom stereocenters. The lowest BCUT2D eigenvalue weighted by Crippen LogP contribution is -2.45. The number of nitrogens with zero attached hydrogens (tertiary/aromatic N) is 4. The molecule has 2 aromatic heterocycles. The van der Waals surface area contributed by atoms with Crippen molar-refractivity contribution in [3.8, 4) is 33.6 Å². The fourth-order valence-electron chi connectivity index (χ4n) is 8.30. The van der Waals surface area contributed by atoms with Crippen molar-refractivity contribution in [2.45, 2.75) is 63.7 Å². The van der Waals surface area contributed by atoms with Crippen LogP contribution in [0.25, 0.3) is 33.6 Å². The van der Waals surface area contributed by atoms with Gasteiger partial charge in [0.25, 0.3) is 5.91 Å². The lowest BCUT2D eigenvalue weighted by atomic mass is 10.0. The number of hydrogen-bond donors (Lipinski definition) is 4. The number of nitrogens with one attached hydrogen (secondary N) is 4. The highest BCUT2D eigenvalue weighted by molar-refractivity contribution is 5.88. The van der Waals surface area contributed by atoms with Crippen LogP contribution in [-0.4, -0.2) is 73.9 Å². The van der Waals surface area contributed by atoms with Crippen LogP contribution in [0.15, 0.2) is 122 Å². The summed E-state index contributed by atoms with van der Waals surface area (Å²) >= 11 is 0. The van der Waals surface area contributed by atoms with E-state index in [1.54, 1.807) is 4.90 Å². The van der Waals surface area contributed by atoms with Gasteiger partial charge < -0.3 is 35.1 Å². The van der Waals surface area contributed by atoms with Gasteiger partial charge in [0.1, 0.15) is 23.7 Å². The third-order valence-electron chi connectivity index (χ3n) is 11.5. The predicted octanol–water partition coefficient (Wildman–Crippen LogP) is 8.69. The molecule has 2 aliphatic heterocycles. The van der Waals surface area contributed by atoms with E-state index in [-0.39, 0.29) is 35.9 Å². The Morgan fingerprint density at radius 3 is 1.63 bits per heavy atom. The molecular formula is C47H50N8O4. The zero-order valence-corrected chi connectivity index (χ0v) is 33.6. The highest BCUT2D eigenvalue weighted by atomic mass is 16.5.